The number of hydrogen-bond acceptors (Lipinski definition) is 3. The molecule has 0 aromatic carbocycles. The SMILES string of the molecule is CCCNCC(C)(O)CC1CCOCC1. The highest BCUT2D eigenvalue weighted by molar-refractivity contribution is 4.80. The smallest absolute Gasteiger partial charge is 0.0746 e. The molecule has 15 heavy (non-hydrogen) atoms. The van der Waals surface area contributed by atoms with Crippen LogP contribution in [0.15, 0.2) is 0 Å². The Morgan fingerprint density at radius 3 is 2.67 bits per heavy atom. The Bertz CT molecular complexity index is 165. The second-order valence-corrected chi connectivity index (χ2v) is 4.93. The van der Waals surface area contributed by atoms with Crippen LogP contribution in [0.25, 0.3) is 0 Å². The minimum atomic E-state index is -0.558. The first kappa shape index (κ1) is 12.9. The fraction of sp³-hybridized carbons (Fsp3) is 1.00. The molecule has 3 heteroatoms. The molecule has 1 rings (SSSR count). The monoisotopic (exact) mass is 215 g/mol. The van der Waals surface area contributed by atoms with E-state index in [4.69, 9.17) is 4.74 Å². The van der Waals surface area contributed by atoms with Gasteiger partial charge in [-0.2, -0.15) is 0 Å². The maximum atomic E-state index is 10.2. The zero-order valence-corrected chi connectivity index (χ0v) is 10.1. The van der Waals surface area contributed by atoms with Crippen LogP contribution in [0.2, 0.25) is 0 Å². The predicted molar refractivity (Wildman–Crippen MR) is 61.9 cm³/mol. The van der Waals surface area contributed by atoms with Crippen LogP contribution in [0.3, 0.4) is 0 Å². The lowest BCUT2D eigenvalue weighted by Crippen LogP contribution is -2.40. The number of nitrogens with one attached hydrogen (secondary N) is 1. The molecule has 0 spiro atoms. The number of ether oxygens (including phenoxy) is 1. The molecule has 1 heterocycles. The average Bonchev–Trinajstić information content (AvgIpc) is 2.18. The molecule has 1 aliphatic heterocycles. The summed E-state index contributed by atoms with van der Waals surface area (Å²) in [5.74, 6) is 0.636. The Balaban J connectivity index is 2.20. The standard InChI is InChI=1S/C12H25NO2/c1-3-6-13-10-12(2,14)9-11-4-7-15-8-5-11/h11,13-14H,3-10H2,1-2H3. The summed E-state index contributed by atoms with van der Waals surface area (Å²) >= 11 is 0. The zero-order chi connectivity index (χ0) is 11.1. The van der Waals surface area contributed by atoms with Gasteiger partial charge >= 0.3 is 0 Å². The summed E-state index contributed by atoms with van der Waals surface area (Å²) in [6, 6.07) is 0. The molecule has 0 radical (unpaired) electrons. The van der Waals surface area contributed by atoms with Crippen molar-refractivity contribution in [3.63, 3.8) is 0 Å². The predicted octanol–water partition coefficient (Wildman–Crippen LogP) is 1.55. The highest BCUT2D eigenvalue weighted by Gasteiger charge is 2.26. The molecule has 1 aliphatic rings. The van der Waals surface area contributed by atoms with Gasteiger partial charge in [0, 0.05) is 19.8 Å². The van der Waals surface area contributed by atoms with E-state index in [1.54, 1.807) is 0 Å². The molecule has 0 aliphatic carbocycles. The molecular weight excluding hydrogens is 190 g/mol. The van der Waals surface area contributed by atoms with Gasteiger partial charge in [-0.1, -0.05) is 6.92 Å². The molecule has 1 atom stereocenters. The van der Waals surface area contributed by atoms with E-state index in [2.05, 4.69) is 12.2 Å². The minimum Gasteiger partial charge on any atom is -0.389 e. The first-order valence-electron chi connectivity index (χ1n) is 6.15. The van der Waals surface area contributed by atoms with Crippen molar-refractivity contribution in [2.75, 3.05) is 26.3 Å². The van der Waals surface area contributed by atoms with Crippen LogP contribution in [-0.4, -0.2) is 37.0 Å². The molecule has 0 amide bonds. The lowest BCUT2D eigenvalue weighted by molar-refractivity contribution is 0.000798. The number of rotatable bonds is 6. The Hall–Kier alpha value is -0.120. The van der Waals surface area contributed by atoms with E-state index < -0.39 is 5.60 Å². The molecule has 2 N–H and O–H groups in total. The van der Waals surface area contributed by atoms with Gasteiger partial charge in [0.2, 0.25) is 0 Å². The lowest BCUT2D eigenvalue weighted by Gasteiger charge is -2.31. The molecule has 3 nitrogen and oxygen atoms in total. The zero-order valence-electron chi connectivity index (χ0n) is 10.1. The summed E-state index contributed by atoms with van der Waals surface area (Å²) < 4.78 is 5.32. The van der Waals surface area contributed by atoms with Gasteiger partial charge in [-0.05, 0) is 45.1 Å². The number of aliphatic hydroxyl groups is 1. The van der Waals surface area contributed by atoms with Crippen LogP contribution in [-0.2, 0) is 4.74 Å². The van der Waals surface area contributed by atoms with Crippen molar-refractivity contribution < 1.29 is 9.84 Å². The summed E-state index contributed by atoms with van der Waals surface area (Å²) in [5, 5.41) is 13.5. The van der Waals surface area contributed by atoms with Crippen molar-refractivity contribution in [3.8, 4) is 0 Å². The third-order valence-electron chi connectivity index (χ3n) is 3.00. The van der Waals surface area contributed by atoms with E-state index in [9.17, 15) is 5.11 Å². The second-order valence-electron chi connectivity index (χ2n) is 4.93. The first-order valence-corrected chi connectivity index (χ1v) is 6.15. The largest absolute Gasteiger partial charge is 0.389 e. The maximum Gasteiger partial charge on any atom is 0.0746 e. The molecule has 90 valence electrons. The van der Waals surface area contributed by atoms with Gasteiger partial charge in [0.1, 0.15) is 0 Å². The highest BCUT2D eigenvalue weighted by atomic mass is 16.5. The average molecular weight is 215 g/mol. The lowest BCUT2D eigenvalue weighted by atomic mass is 9.87. The Morgan fingerprint density at radius 1 is 1.40 bits per heavy atom. The maximum absolute atomic E-state index is 10.2. The normalized spacial score (nSPS) is 22.6. The summed E-state index contributed by atoms with van der Waals surface area (Å²) in [5.41, 5.74) is -0.558. The van der Waals surface area contributed by atoms with Crippen molar-refractivity contribution in [1.29, 1.82) is 0 Å². The quantitative estimate of drug-likeness (QED) is 0.661. The Morgan fingerprint density at radius 2 is 2.07 bits per heavy atom. The van der Waals surface area contributed by atoms with Gasteiger partial charge in [0.25, 0.3) is 0 Å². The van der Waals surface area contributed by atoms with Gasteiger partial charge in [0.05, 0.1) is 5.60 Å². The Labute approximate surface area is 93.2 Å². The van der Waals surface area contributed by atoms with Gasteiger partial charge in [-0.3, -0.25) is 0 Å². The summed E-state index contributed by atoms with van der Waals surface area (Å²) in [7, 11) is 0. The van der Waals surface area contributed by atoms with Crippen LogP contribution in [0.5, 0.6) is 0 Å². The van der Waals surface area contributed by atoms with Crippen molar-refractivity contribution >= 4 is 0 Å². The van der Waals surface area contributed by atoms with Crippen molar-refractivity contribution in [2.24, 2.45) is 5.92 Å². The minimum absolute atomic E-state index is 0.558. The van der Waals surface area contributed by atoms with E-state index in [0.29, 0.717) is 12.5 Å². The summed E-state index contributed by atoms with van der Waals surface area (Å²) in [4.78, 5) is 0. The van der Waals surface area contributed by atoms with E-state index in [0.717, 1.165) is 45.4 Å². The van der Waals surface area contributed by atoms with E-state index >= 15 is 0 Å². The molecule has 0 aromatic rings. The second kappa shape index (κ2) is 6.46. The Kier molecular flexibility index (Phi) is 5.58. The van der Waals surface area contributed by atoms with Gasteiger partial charge in [-0.25, -0.2) is 0 Å². The first-order chi connectivity index (χ1) is 7.14. The van der Waals surface area contributed by atoms with Gasteiger partial charge in [-0.15, -0.1) is 0 Å². The van der Waals surface area contributed by atoms with Crippen LogP contribution >= 0.6 is 0 Å². The summed E-state index contributed by atoms with van der Waals surface area (Å²) in [6.07, 6.45) is 4.22. The summed E-state index contributed by atoms with van der Waals surface area (Å²) in [6.45, 7) is 7.50. The number of hydrogen-bond donors (Lipinski definition) is 2. The van der Waals surface area contributed by atoms with Gasteiger partial charge < -0.3 is 15.2 Å². The third kappa shape index (κ3) is 5.50. The van der Waals surface area contributed by atoms with Crippen LogP contribution < -0.4 is 5.32 Å². The van der Waals surface area contributed by atoms with Crippen molar-refractivity contribution in [1.82, 2.24) is 5.32 Å². The molecule has 1 unspecified atom stereocenters. The van der Waals surface area contributed by atoms with Crippen LogP contribution in [0, 0.1) is 5.92 Å². The topological polar surface area (TPSA) is 41.5 Å². The van der Waals surface area contributed by atoms with E-state index in [-0.39, 0.29) is 0 Å². The third-order valence-corrected chi connectivity index (χ3v) is 3.00. The fourth-order valence-electron chi connectivity index (χ4n) is 2.18. The highest BCUT2D eigenvalue weighted by Crippen LogP contribution is 2.24. The molecule has 0 saturated carbocycles. The van der Waals surface area contributed by atoms with E-state index in [1.807, 2.05) is 6.92 Å². The van der Waals surface area contributed by atoms with Gasteiger partial charge in [0.15, 0.2) is 0 Å². The molecule has 1 fully saturated rings. The molecule has 1 saturated heterocycles. The van der Waals surface area contributed by atoms with Crippen molar-refractivity contribution in [2.45, 2.75) is 45.1 Å². The fourth-order valence-corrected chi connectivity index (χ4v) is 2.18. The van der Waals surface area contributed by atoms with Crippen LogP contribution in [0.1, 0.15) is 39.5 Å². The van der Waals surface area contributed by atoms with Crippen molar-refractivity contribution in [3.05, 3.63) is 0 Å². The molecule has 0 bridgehead atoms. The molecule has 0 aromatic heterocycles. The molecular formula is C12H25NO2. The van der Waals surface area contributed by atoms with Crippen LogP contribution in [0.4, 0.5) is 0 Å². The van der Waals surface area contributed by atoms with E-state index in [1.165, 1.54) is 0 Å².